The van der Waals surface area contributed by atoms with E-state index in [0.717, 1.165) is 76.7 Å². The van der Waals surface area contributed by atoms with Crippen LogP contribution in [-0.4, -0.2) is 15.7 Å². The Labute approximate surface area is 242 Å². The number of allylic oxidation sites excluding steroid dienone is 4. The van der Waals surface area contributed by atoms with Crippen LogP contribution in [0.4, 0.5) is 0 Å². The summed E-state index contributed by atoms with van der Waals surface area (Å²) in [5.74, 6) is 0. The Morgan fingerprint density at radius 1 is 0.634 bits per heavy atom. The number of rotatable bonds is 4. The van der Waals surface area contributed by atoms with Gasteiger partial charge in [0.05, 0.1) is 0 Å². The van der Waals surface area contributed by atoms with Gasteiger partial charge < -0.3 is 4.42 Å². The predicted molar refractivity (Wildman–Crippen MR) is 179 cm³/mol. The first kappa shape index (κ1) is 25.2. The van der Waals surface area contributed by atoms with E-state index in [1.54, 1.807) is 0 Å². The van der Waals surface area contributed by atoms with E-state index in [1.807, 2.05) is 43.3 Å². The van der Waals surface area contributed by atoms with E-state index in [2.05, 4.69) is 91.9 Å². The van der Waals surface area contributed by atoms with E-state index in [-0.39, 0.29) is 0 Å². The van der Waals surface area contributed by atoms with Crippen LogP contribution >= 0.6 is 0 Å². The summed E-state index contributed by atoms with van der Waals surface area (Å²) in [6.45, 7) is 4.17. The Morgan fingerprint density at radius 3 is 1.95 bits per heavy atom. The van der Waals surface area contributed by atoms with Crippen molar-refractivity contribution in [3.05, 3.63) is 127 Å². The zero-order valence-electron chi connectivity index (χ0n) is 23.1. The zero-order chi connectivity index (χ0) is 28.1. The van der Waals surface area contributed by atoms with Gasteiger partial charge in [-0.3, -0.25) is 0 Å². The lowest BCUT2D eigenvalue weighted by Crippen LogP contribution is -2.10. The maximum Gasteiger partial charge on any atom is 0.143 e. The SMILES string of the molecule is [B]c1cccc2c(-c3cccc4c3oc3cccc(/C(C)=C/C=C\C)c34)c3cccc([B])c3c(-c3ccccc3)c12. The second-order valence-corrected chi connectivity index (χ2v) is 10.5. The minimum atomic E-state index is 0.719. The molecule has 0 unspecified atom stereocenters. The first-order chi connectivity index (χ1) is 20.1. The van der Waals surface area contributed by atoms with Crippen molar-refractivity contribution in [2.45, 2.75) is 13.8 Å². The van der Waals surface area contributed by atoms with Crippen LogP contribution in [0.2, 0.25) is 0 Å². The second kappa shape index (κ2) is 10.0. The average molecular weight is 520 g/mol. The molecule has 0 spiro atoms. The third kappa shape index (κ3) is 3.96. The van der Waals surface area contributed by atoms with E-state index < -0.39 is 0 Å². The zero-order valence-corrected chi connectivity index (χ0v) is 23.1. The normalized spacial score (nSPS) is 12.4. The number of furan rings is 1. The van der Waals surface area contributed by atoms with Crippen LogP contribution in [0, 0.1) is 0 Å². The minimum absolute atomic E-state index is 0.719. The standard InChI is InChI=1S/C38H26B2O/c1-3-4-12-23(2)25-15-11-22-32-35(25)29-19-8-18-28(38(29)41-32)34-26-16-9-20-30(39)36(26)33(24-13-6-5-7-14-24)37-27(34)17-10-21-31(37)40/h3-22H,1-2H3/b4-3-,23-12+. The van der Waals surface area contributed by atoms with E-state index in [4.69, 9.17) is 20.1 Å². The average Bonchev–Trinajstić information content (AvgIpc) is 3.39. The van der Waals surface area contributed by atoms with Crippen LogP contribution in [0.15, 0.2) is 126 Å². The van der Waals surface area contributed by atoms with Crippen molar-refractivity contribution in [3.8, 4) is 22.3 Å². The van der Waals surface area contributed by atoms with Gasteiger partial charge in [0.1, 0.15) is 26.9 Å². The Bertz CT molecular complexity index is 2120. The summed E-state index contributed by atoms with van der Waals surface area (Å²) in [6.07, 6.45) is 6.26. The Kier molecular flexibility index (Phi) is 6.16. The highest BCUT2D eigenvalue weighted by Gasteiger charge is 2.22. The third-order valence-corrected chi connectivity index (χ3v) is 8.05. The van der Waals surface area contributed by atoms with Crippen molar-refractivity contribution in [2.75, 3.05) is 0 Å². The van der Waals surface area contributed by atoms with Crippen molar-refractivity contribution in [1.29, 1.82) is 0 Å². The minimum Gasteiger partial charge on any atom is -0.455 e. The molecule has 0 amide bonds. The van der Waals surface area contributed by atoms with Crippen LogP contribution in [0.1, 0.15) is 19.4 Å². The first-order valence-electron chi connectivity index (χ1n) is 13.9. The van der Waals surface area contributed by atoms with Crippen LogP contribution in [0.25, 0.3) is 71.3 Å². The highest BCUT2D eigenvalue weighted by molar-refractivity contribution is 6.47. The number of fused-ring (bicyclic) bond motifs is 5. The summed E-state index contributed by atoms with van der Waals surface area (Å²) in [7, 11) is 13.5. The van der Waals surface area contributed by atoms with Crippen molar-refractivity contribution in [3.63, 3.8) is 0 Å². The Balaban J connectivity index is 1.66. The van der Waals surface area contributed by atoms with Gasteiger partial charge in [-0.05, 0) is 63.7 Å². The van der Waals surface area contributed by atoms with Crippen molar-refractivity contribution >= 4 is 75.7 Å². The molecule has 4 radical (unpaired) electrons. The van der Waals surface area contributed by atoms with Crippen molar-refractivity contribution < 1.29 is 4.42 Å². The van der Waals surface area contributed by atoms with Crippen molar-refractivity contribution in [1.82, 2.24) is 0 Å². The summed E-state index contributed by atoms with van der Waals surface area (Å²) in [5.41, 5.74) is 9.74. The summed E-state index contributed by atoms with van der Waals surface area (Å²) in [4.78, 5) is 0. The molecule has 6 aromatic carbocycles. The quantitative estimate of drug-likeness (QED) is 0.129. The van der Waals surface area contributed by atoms with E-state index in [0.29, 0.717) is 0 Å². The van der Waals surface area contributed by atoms with Gasteiger partial charge in [-0.2, -0.15) is 0 Å². The fourth-order valence-corrected chi connectivity index (χ4v) is 6.27. The molecule has 1 heterocycles. The van der Waals surface area contributed by atoms with Gasteiger partial charge in [0.15, 0.2) is 0 Å². The van der Waals surface area contributed by atoms with Crippen LogP contribution in [0.5, 0.6) is 0 Å². The van der Waals surface area contributed by atoms with E-state index in [9.17, 15) is 0 Å². The largest absolute Gasteiger partial charge is 0.455 e. The summed E-state index contributed by atoms with van der Waals surface area (Å²) < 4.78 is 6.70. The number of benzene rings is 6. The van der Waals surface area contributed by atoms with Crippen molar-refractivity contribution in [2.24, 2.45) is 0 Å². The predicted octanol–water partition coefficient (Wildman–Crippen LogP) is 8.79. The molecular formula is C38H26B2O. The molecule has 0 aliphatic carbocycles. The fourth-order valence-electron chi connectivity index (χ4n) is 6.27. The molecule has 0 saturated heterocycles. The molecule has 7 rings (SSSR count). The Hall–Kier alpha value is -4.75. The monoisotopic (exact) mass is 520 g/mol. The summed E-state index contributed by atoms with van der Waals surface area (Å²) in [6, 6.07) is 35.4. The molecule has 0 aliphatic rings. The lowest BCUT2D eigenvalue weighted by molar-refractivity contribution is 0.670. The first-order valence-corrected chi connectivity index (χ1v) is 13.9. The summed E-state index contributed by atoms with van der Waals surface area (Å²) in [5, 5.41) is 6.34. The molecule has 190 valence electrons. The maximum atomic E-state index is 6.77. The van der Waals surface area contributed by atoms with Crippen LogP contribution in [-0.2, 0) is 0 Å². The van der Waals surface area contributed by atoms with E-state index >= 15 is 0 Å². The van der Waals surface area contributed by atoms with Gasteiger partial charge in [-0.15, -0.1) is 0 Å². The Morgan fingerprint density at radius 2 is 1.27 bits per heavy atom. The topological polar surface area (TPSA) is 13.1 Å². The molecule has 0 N–H and O–H groups in total. The number of hydrogen-bond donors (Lipinski definition) is 0. The van der Waals surface area contributed by atoms with Gasteiger partial charge >= 0.3 is 0 Å². The molecule has 0 aliphatic heterocycles. The molecule has 1 nitrogen and oxygen atoms in total. The number of para-hydroxylation sites is 1. The second-order valence-electron chi connectivity index (χ2n) is 10.5. The van der Waals surface area contributed by atoms with Gasteiger partial charge in [0, 0.05) is 21.9 Å². The van der Waals surface area contributed by atoms with E-state index in [1.165, 1.54) is 11.1 Å². The molecule has 0 fully saturated rings. The smallest absolute Gasteiger partial charge is 0.143 e. The summed E-state index contributed by atoms with van der Waals surface area (Å²) >= 11 is 0. The lowest BCUT2D eigenvalue weighted by atomic mass is 9.76. The third-order valence-electron chi connectivity index (χ3n) is 8.05. The molecule has 3 heteroatoms. The molecule has 0 bridgehead atoms. The highest BCUT2D eigenvalue weighted by atomic mass is 16.3. The molecular weight excluding hydrogens is 494 g/mol. The maximum absolute atomic E-state index is 6.77. The fraction of sp³-hybridized carbons (Fsp3) is 0.0526. The highest BCUT2D eigenvalue weighted by Crippen LogP contribution is 2.46. The number of hydrogen-bond acceptors (Lipinski definition) is 1. The molecule has 0 atom stereocenters. The molecule has 0 saturated carbocycles. The van der Waals surface area contributed by atoms with Gasteiger partial charge in [-0.1, -0.05) is 126 Å². The molecule has 41 heavy (non-hydrogen) atoms. The van der Waals surface area contributed by atoms with Crippen LogP contribution < -0.4 is 10.9 Å². The van der Waals surface area contributed by atoms with Gasteiger partial charge in [0.25, 0.3) is 0 Å². The molecule has 7 aromatic rings. The lowest BCUT2D eigenvalue weighted by Gasteiger charge is -2.21. The van der Waals surface area contributed by atoms with Gasteiger partial charge in [-0.25, -0.2) is 0 Å². The van der Waals surface area contributed by atoms with Crippen LogP contribution in [0.3, 0.4) is 0 Å². The molecule has 1 aromatic heterocycles. The van der Waals surface area contributed by atoms with Gasteiger partial charge in [0.2, 0.25) is 0 Å².